The fourth-order valence-electron chi connectivity index (χ4n) is 6.56. The van der Waals surface area contributed by atoms with Gasteiger partial charge in [-0.1, -0.05) is 11.6 Å². The highest BCUT2D eigenvalue weighted by Gasteiger charge is 2.48. The van der Waals surface area contributed by atoms with E-state index in [2.05, 4.69) is 44.5 Å². The first-order valence-electron chi connectivity index (χ1n) is 13.0. The molecule has 4 fully saturated rings. The van der Waals surface area contributed by atoms with Crippen molar-refractivity contribution in [2.45, 2.75) is 51.0 Å². The highest BCUT2D eigenvalue weighted by atomic mass is 35.5. The van der Waals surface area contributed by atoms with Crippen molar-refractivity contribution in [3.8, 4) is 0 Å². The molecule has 1 aromatic heterocycles. The van der Waals surface area contributed by atoms with Gasteiger partial charge in [-0.25, -0.2) is 0 Å². The summed E-state index contributed by atoms with van der Waals surface area (Å²) in [6.07, 6.45) is 8.50. The fraction of sp³-hybridized carbons (Fsp3) is 0.769. The first-order valence-corrected chi connectivity index (χ1v) is 13.4. The van der Waals surface area contributed by atoms with Gasteiger partial charge in [-0.2, -0.15) is 0 Å². The molecule has 1 aromatic rings. The number of piperazine rings is 1. The van der Waals surface area contributed by atoms with Gasteiger partial charge in [0.2, 0.25) is 0 Å². The van der Waals surface area contributed by atoms with Crippen LogP contribution in [0.25, 0.3) is 0 Å². The number of pyridine rings is 1. The van der Waals surface area contributed by atoms with E-state index >= 15 is 0 Å². The Morgan fingerprint density at radius 3 is 2.38 bits per heavy atom. The topological polar surface area (TPSA) is 52.2 Å². The molecule has 8 heteroatoms. The van der Waals surface area contributed by atoms with Crippen LogP contribution < -0.4 is 4.90 Å². The Morgan fingerprint density at radius 2 is 1.79 bits per heavy atom. The molecular formula is C26H42ClN5O2. The Hall–Kier alpha value is -1.41. The Bertz CT molecular complexity index is 802. The number of likely N-dealkylation sites (tertiary alicyclic amines) is 2. The fourth-order valence-corrected chi connectivity index (χ4v) is 6.71. The third kappa shape index (κ3) is 6.04. The number of hydrogen-bond donors (Lipinski definition) is 0. The molecular weight excluding hydrogens is 450 g/mol. The number of anilines is 1. The minimum atomic E-state index is 0.431. The predicted octanol–water partition coefficient (Wildman–Crippen LogP) is 3.33. The van der Waals surface area contributed by atoms with Gasteiger partial charge in [0.15, 0.2) is 0 Å². The maximum absolute atomic E-state index is 9.18. The predicted molar refractivity (Wildman–Crippen MR) is 138 cm³/mol. The van der Waals surface area contributed by atoms with Crippen LogP contribution in [0, 0.1) is 5.41 Å². The second-order valence-corrected chi connectivity index (χ2v) is 11.2. The van der Waals surface area contributed by atoms with Crippen molar-refractivity contribution in [3.63, 3.8) is 0 Å². The minimum Gasteiger partial charge on any atom is -0.468 e. The standard InChI is InChI=1S/C23H36ClN5.C3H6O2/c1-26-7-4-18(5-8-26)22-21(13-19(24)15-25-22)29-11-9-28(10-12-29)20-3-6-23(14-20)16-27(2)17-23;1-2-5-3-4/h13,15,18,20H,3-12,14,16-17H2,1-2H3;3H,2H2,1H3. The molecule has 4 heterocycles. The third-order valence-corrected chi connectivity index (χ3v) is 8.47. The number of ether oxygens (including phenoxy) is 1. The molecule has 0 radical (unpaired) electrons. The maximum Gasteiger partial charge on any atom is 0.293 e. The van der Waals surface area contributed by atoms with Crippen LogP contribution in [0.4, 0.5) is 5.69 Å². The van der Waals surface area contributed by atoms with Crippen molar-refractivity contribution < 1.29 is 9.53 Å². The minimum absolute atomic E-state index is 0.431. The molecule has 4 aliphatic rings. The van der Waals surface area contributed by atoms with Crippen LogP contribution in [0.1, 0.15) is 50.6 Å². The average molecular weight is 492 g/mol. The van der Waals surface area contributed by atoms with Crippen molar-refractivity contribution in [1.82, 2.24) is 19.7 Å². The lowest BCUT2D eigenvalue weighted by atomic mass is 9.78. The summed E-state index contributed by atoms with van der Waals surface area (Å²) in [4.78, 5) is 24.3. The lowest BCUT2D eigenvalue weighted by molar-refractivity contribution is -0.128. The van der Waals surface area contributed by atoms with E-state index in [0.29, 0.717) is 24.4 Å². The van der Waals surface area contributed by atoms with Crippen molar-refractivity contribution in [2.75, 3.05) is 78.0 Å². The Labute approximate surface area is 210 Å². The van der Waals surface area contributed by atoms with Crippen LogP contribution in [0.2, 0.25) is 5.02 Å². The Balaban J connectivity index is 0.000000499. The summed E-state index contributed by atoms with van der Waals surface area (Å²) in [7, 11) is 4.48. The van der Waals surface area contributed by atoms with Crippen LogP contribution in [-0.4, -0.2) is 105 Å². The zero-order valence-corrected chi connectivity index (χ0v) is 22.0. The number of carbonyl (C=O) groups is 1. The summed E-state index contributed by atoms with van der Waals surface area (Å²) >= 11 is 6.38. The molecule has 0 amide bonds. The number of aromatic nitrogens is 1. The van der Waals surface area contributed by atoms with Gasteiger partial charge in [-0.3, -0.25) is 14.7 Å². The van der Waals surface area contributed by atoms with E-state index in [1.807, 2.05) is 6.20 Å². The molecule has 1 unspecified atom stereocenters. The largest absolute Gasteiger partial charge is 0.468 e. The van der Waals surface area contributed by atoms with Crippen LogP contribution in [0.3, 0.4) is 0 Å². The Morgan fingerprint density at radius 1 is 1.09 bits per heavy atom. The van der Waals surface area contributed by atoms with E-state index in [4.69, 9.17) is 16.6 Å². The number of hydrogen-bond acceptors (Lipinski definition) is 7. The summed E-state index contributed by atoms with van der Waals surface area (Å²) in [5.41, 5.74) is 3.23. The maximum atomic E-state index is 9.18. The smallest absolute Gasteiger partial charge is 0.293 e. The number of piperidine rings is 1. The molecule has 0 aromatic carbocycles. The molecule has 5 rings (SSSR count). The summed E-state index contributed by atoms with van der Waals surface area (Å²) in [6, 6.07) is 2.98. The van der Waals surface area contributed by atoms with Gasteiger partial charge in [-0.15, -0.1) is 0 Å². The lowest BCUT2D eigenvalue weighted by Gasteiger charge is -2.47. The van der Waals surface area contributed by atoms with Crippen molar-refractivity contribution in [3.05, 3.63) is 23.0 Å². The highest BCUT2D eigenvalue weighted by Crippen LogP contribution is 2.46. The summed E-state index contributed by atoms with van der Waals surface area (Å²) < 4.78 is 4.15. The second-order valence-electron chi connectivity index (χ2n) is 10.8. The number of rotatable bonds is 5. The van der Waals surface area contributed by atoms with Crippen LogP contribution in [0.15, 0.2) is 12.3 Å². The zero-order chi connectivity index (χ0) is 24.1. The van der Waals surface area contributed by atoms with Crippen LogP contribution >= 0.6 is 11.6 Å². The molecule has 7 nitrogen and oxygen atoms in total. The van der Waals surface area contributed by atoms with E-state index in [1.54, 1.807) is 6.92 Å². The molecule has 1 aliphatic carbocycles. The molecule has 3 aliphatic heterocycles. The van der Waals surface area contributed by atoms with Gasteiger partial charge < -0.3 is 19.4 Å². The molecule has 0 bridgehead atoms. The van der Waals surface area contributed by atoms with Crippen molar-refractivity contribution >= 4 is 23.8 Å². The molecule has 1 saturated carbocycles. The summed E-state index contributed by atoms with van der Waals surface area (Å²) in [5.74, 6) is 0.571. The third-order valence-electron chi connectivity index (χ3n) is 8.26. The van der Waals surface area contributed by atoms with E-state index < -0.39 is 0 Å². The molecule has 190 valence electrons. The van der Waals surface area contributed by atoms with E-state index in [1.165, 1.54) is 82.8 Å². The molecule has 34 heavy (non-hydrogen) atoms. The lowest BCUT2D eigenvalue weighted by Crippen LogP contribution is -2.54. The molecule has 1 atom stereocenters. The van der Waals surface area contributed by atoms with Crippen molar-refractivity contribution in [2.24, 2.45) is 5.41 Å². The van der Waals surface area contributed by atoms with Gasteiger partial charge in [0.1, 0.15) is 0 Å². The molecule has 0 N–H and O–H groups in total. The normalized spacial score (nSPS) is 26.1. The highest BCUT2D eigenvalue weighted by molar-refractivity contribution is 6.30. The van der Waals surface area contributed by atoms with Crippen LogP contribution in [-0.2, 0) is 9.53 Å². The monoisotopic (exact) mass is 491 g/mol. The number of halogens is 1. The zero-order valence-electron chi connectivity index (χ0n) is 21.2. The molecule has 3 saturated heterocycles. The molecule has 1 spiro atoms. The van der Waals surface area contributed by atoms with Crippen molar-refractivity contribution in [1.29, 1.82) is 0 Å². The first kappa shape index (κ1) is 25.7. The van der Waals surface area contributed by atoms with Crippen LogP contribution in [0.5, 0.6) is 0 Å². The van der Waals surface area contributed by atoms with Gasteiger partial charge >= 0.3 is 0 Å². The second kappa shape index (κ2) is 11.5. The Kier molecular flexibility index (Phi) is 8.72. The van der Waals surface area contributed by atoms with E-state index in [-0.39, 0.29) is 0 Å². The number of carbonyl (C=O) groups excluding carboxylic acids is 1. The SMILES string of the molecule is CCOC=O.CN1CCC(c2ncc(Cl)cc2N2CCN(C3CCC4(C3)CN(C)C4)CC2)CC1. The van der Waals surface area contributed by atoms with Gasteiger partial charge in [0.05, 0.1) is 23.0 Å². The first-order chi connectivity index (χ1) is 16.4. The number of nitrogens with zero attached hydrogens (tertiary/aromatic N) is 5. The summed E-state index contributed by atoms with van der Waals surface area (Å²) in [6.45, 7) is 12.2. The van der Waals surface area contributed by atoms with Gasteiger partial charge in [-0.05, 0) is 77.7 Å². The van der Waals surface area contributed by atoms with Gasteiger partial charge in [0, 0.05) is 57.4 Å². The van der Waals surface area contributed by atoms with E-state index in [0.717, 1.165) is 24.2 Å². The summed E-state index contributed by atoms with van der Waals surface area (Å²) in [5, 5.41) is 0.769. The average Bonchev–Trinajstić information content (AvgIpc) is 3.26. The van der Waals surface area contributed by atoms with Gasteiger partial charge in [0.25, 0.3) is 6.47 Å². The quantitative estimate of drug-likeness (QED) is 0.585. The van der Waals surface area contributed by atoms with E-state index in [9.17, 15) is 4.79 Å².